The SMILES string of the molecule is CC(Nc1cc2c(=O)c(-c3ccc4cn[nH]c4c3)coc2cn1)c1ccccc1. The first-order valence-corrected chi connectivity index (χ1v) is 9.35. The number of nitrogens with zero attached hydrogens (tertiary/aromatic N) is 2. The molecule has 2 aromatic carbocycles. The van der Waals surface area contributed by atoms with Crippen LogP contribution in [0, 0.1) is 0 Å². The minimum absolute atomic E-state index is 0.0548. The van der Waals surface area contributed by atoms with Gasteiger partial charge >= 0.3 is 0 Å². The van der Waals surface area contributed by atoms with Crippen LogP contribution in [0.5, 0.6) is 0 Å². The fourth-order valence-electron chi connectivity index (χ4n) is 3.46. The number of anilines is 1. The Morgan fingerprint density at radius 3 is 2.79 bits per heavy atom. The van der Waals surface area contributed by atoms with Crippen molar-refractivity contribution in [3.8, 4) is 11.1 Å². The lowest BCUT2D eigenvalue weighted by molar-refractivity contribution is 0.603. The van der Waals surface area contributed by atoms with E-state index in [1.165, 1.54) is 6.26 Å². The zero-order valence-electron chi connectivity index (χ0n) is 15.7. The molecule has 29 heavy (non-hydrogen) atoms. The molecule has 0 aliphatic rings. The van der Waals surface area contributed by atoms with Gasteiger partial charge in [0.2, 0.25) is 5.43 Å². The Labute approximate surface area is 166 Å². The average Bonchev–Trinajstić information content (AvgIpc) is 3.23. The lowest BCUT2D eigenvalue weighted by atomic mass is 10.0. The minimum atomic E-state index is -0.0945. The zero-order chi connectivity index (χ0) is 19.8. The maximum Gasteiger partial charge on any atom is 0.200 e. The van der Waals surface area contributed by atoms with Gasteiger partial charge < -0.3 is 9.73 Å². The fourth-order valence-corrected chi connectivity index (χ4v) is 3.46. The number of rotatable bonds is 4. The highest BCUT2D eigenvalue weighted by atomic mass is 16.3. The second-order valence-electron chi connectivity index (χ2n) is 6.99. The van der Waals surface area contributed by atoms with Crippen LogP contribution < -0.4 is 10.7 Å². The number of pyridine rings is 1. The molecular weight excluding hydrogens is 364 g/mol. The largest absolute Gasteiger partial charge is 0.462 e. The first-order chi connectivity index (χ1) is 14.2. The Morgan fingerprint density at radius 1 is 1.07 bits per heavy atom. The van der Waals surface area contributed by atoms with Crippen LogP contribution in [0.15, 0.2) is 82.5 Å². The van der Waals surface area contributed by atoms with Gasteiger partial charge in [-0.3, -0.25) is 9.89 Å². The van der Waals surface area contributed by atoms with Crippen molar-refractivity contribution in [2.45, 2.75) is 13.0 Å². The highest BCUT2D eigenvalue weighted by Crippen LogP contribution is 2.25. The first-order valence-electron chi connectivity index (χ1n) is 9.35. The Morgan fingerprint density at radius 2 is 1.93 bits per heavy atom. The molecule has 0 amide bonds. The third-order valence-electron chi connectivity index (χ3n) is 5.08. The van der Waals surface area contributed by atoms with E-state index < -0.39 is 0 Å². The normalized spacial score (nSPS) is 12.3. The van der Waals surface area contributed by atoms with Gasteiger partial charge in [0.15, 0.2) is 5.58 Å². The molecule has 0 aliphatic carbocycles. The molecule has 6 heteroatoms. The molecule has 0 saturated carbocycles. The van der Waals surface area contributed by atoms with E-state index in [1.807, 2.05) is 36.4 Å². The minimum Gasteiger partial charge on any atom is -0.462 e. The maximum atomic E-state index is 13.2. The molecule has 5 rings (SSSR count). The zero-order valence-corrected chi connectivity index (χ0v) is 15.7. The van der Waals surface area contributed by atoms with E-state index in [0.717, 1.165) is 22.0 Å². The lowest BCUT2D eigenvalue weighted by Crippen LogP contribution is -2.10. The molecular formula is C23H18N4O2. The lowest BCUT2D eigenvalue weighted by Gasteiger charge is -2.15. The van der Waals surface area contributed by atoms with Crippen molar-refractivity contribution in [1.82, 2.24) is 15.2 Å². The summed E-state index contributed by atoms with van der Waals surface area (Å²) in [5.41, 5.74) is 3.66. The second kappa shape index (κ2) is 6.91. The van der Waals surface area contributed by atoms with E-state index in [2.05, 4.69) is 39.6 Å². The number of hydrogen-bond acceptors (Lipinski definition) is 5. The quantitative estimate of drug-likeness (QED) is 0.462. The number of benzene rings is 2. The van der Waals surface area contributed by atoms with E-state index in [1.54, 1.807) is 18.5 Å². The summed E-state index contributed by atoms with van der Waals surface area (Å²) >= 11 is 0. The van der Waals surface area contributed by atoms with Crippen molar-refractivity contribution in [1.29, 1.82) is 0 Å². The molecule has 6 nitrogen and oxygen atoms in total. The van der Waals surface area contributed by atoms with Crippen molar-refractivity contribution >= 4 is 27.7 Å². The van der Waals surface area contributed by atoms with Crippen molar-refractivity contribution in [2.24, 2.45) is 0 Å². The van der Waals surface area contributed by atoms with E-state index in [9.17, 15) is 4.79 Å². The van der Waals surface area contributed by atoms with Crippen LogP contribution in [0.3, 0.4) is 0 Å². The maximum absolute atomic E-state index is 13.2. The molecule has 0 radical (unpaired) electrons. The third-order valence-corrected chi connectivity index (χ3v) is 5.08. The predicted octanol–water partition coefficient (Wildman–Crippen LogP) is 4.90. The Balaban J connectivity index is 1.54. The molecule has 0 bridgehead atoms. The van der Waals surface area contributed by atoms with Gasteiger partial charge in [0.05, 0.1) is 28.9 Å². The fraction of sp³-hybridized carbons (Fsp3) is 0.0870. The molecule has 1 atom stereocenters. The third kappa shape index (κ3) is 3.14. The molecule has 2 N–H and O–H groups in total. The second-order valence-corrected chi connectivity index (χ2v) is 6.99. The topological polar surface area (TPSA) is 83.8 Å². The summed E-state index contributed by atoms with van der Waals surface area (Å²) in [7, 11) is 0. The molecule has 0 spiro atoms. The van der Waals surface area contributed by atoms with Crippen LogP contribution >= 0.6 is 0 Å². The monoisotopic (exact) mass is 382 g/mol. The van der Waals surface area contributed by atoms with Crippen LogP contribution in [0.25, 0.3) is 33.0 Å². The van der Waals surface area contributed by atoms with Gasteiger partial charge in [-0.2, -0.15) is 5.10 Å². The van der Waals surface area contributed by atoms with Crippen LogP contribution in [0.1, 0.15) is 18.5 Å². The van der Waals surface area contributed by atoms with Gasteiger partial charge in [0, 0.05) is 11.4 Å². The number of nitrogens with one attached hydrogen (secondary N) is 2. The summed E-state index contributed by atoms with van der Waals surface area (Å²) in [5.74, 6) is 0.627. The van der Waals surface area contributed by atoms with Gasteiger partial charge in [-0.25, -0.2) is 4.98 Å². The van der Waals surface area contributed by atoms with E-state index >= 15 is 0 Å². The molecule has 142 valence electrons. The Hall–Kier alpha value is -3.93. The van der Waals surface area contributed by atoms with Crippen molar-refractivity contribution in [2.75, 3.05) is 5.32 Å². The van der Waals surface area contributed by atoms with E-state index in [4.69, 9.17) is 4.42 Å². The molecule has 3 aromatic heterocycles. The summed E-state index contributed by atoms with van der Waals surface area (Å²) in [6.07, 6.45) is 4.82. The molecule has 0 fully saturated rings. The Bertz CT molecular complexity index is 1370. The van der Waals surface area contributed by atoms with Crippen molar-refractivity contribution in [3.05, 3.63) is 89.0 Å². The van der Waals surface area contributed by atoms with E-state index in [0.29, 0.717) is 22.4 Å². The smallest absolute Gasteiger partial charge is 0.200 e. The van der Waals surface area contributed by atoms with Crippen LogP contribution in [0.4, 0.5) is 5.82 Å². The number of H-pyrrole nitrogens is 1. The summed E-state index contributed by atoms with van der Waals surface area (Å²) in [6.45, 7) is 2.06. The predicted molar refractivity (Wildman–Crippen MR) is 114 cm³/mol. The van der Waals surface area contributed by atoms with Gasteiger partial charge in [-0.1, -0.05) is 42.5 Å². The van der Waals surface area contributed by atoms with Gasteiger partial charge in [-0.15, -0.1) is 0 Å². The Kier molecular flexibility index (Phi) is 4.09. The summed E-state index contributed by atoms with van der Waals surface area (Å²) in [6, 6.07) is 17.6. The number of hydrogen-bond donors (Lipinski definition) is 2. The molecule has 0 aliphatic heterocycles. The molecule has 0 saturated heterocycles. The van der Waals surface area contributed by atoms with Crippen LogP contribution in [0.2, 0.25) is 0 Å². The number of aromatic nitrogens is 3. The van der Waals surface area contributed by atoms with Crippen LogP contribution in [-0.4, -0.2) is 15.2 Å². The summed E-state index contributed by atoms with van der Waals surface area (Å²) in [5, 5.41) is 11.8. The van der Waals surface area contributed by atoms with E-state index in [-0.39, 0.29) is 11.5 Å². The highest BCUT2D eigenvalue weighted by molar-refractivity contribution is 5.87. The summed E-state index contributed by atoms with van der Waals surface area (Å²) < 4.78 is 5.70. The van der Waals surface area contributed by atoms with Crippen molar-refractivity contribution < 1.29 is 4.42 Å². The van der Waals surface area contributed by atoms with Gasteiger partial charge in [-0.05, 0) is 30.2 Å². The first kappa shape index (κ1) is 17.2. The van der Waals surface area contributed by atoms with Crippen LogP contribution in [-0.2, 0) is 0 Å². The summed E-state index contributed by atoms with van der Waals surface area (Å²) in [4.78, 5) is 17.6. The average molecular weight is 382 g/mol. The van der Waals surface area contributed by atoms with Gasteiger partial charge in [0.25, 0.3) is 0 Å². The van der Waals surface area contributed by atoms with Crippen molar-refractivity contribution in [3.63, 3.8) is 0 Å². The standard InChI is InChI=1S/C23H18N4O2/c1-14(15-5-3-2-4-6-15)26-22-10-18-21(12-24-22)29-13-19(23(18)28)16-7-8-17-11-25-27-20(17)9-16/h2-14H,1H3,(H,24,26)(H,25,27). The number of aromatic amines is 1. The molecule has 3 heterocycles. The molecule has 5 aromatic rings. The molecule has 1 unspecified atom stereocenters. The van der Waals surface area contributed by atoms with Gasteiger partial charge in [0.1, 0.15) is 12.1 Å². The number of fused-ring (bicyclic) bond motifs is 2. The highest BCUT2D eigenvalue weighted by Gasteiger charge is 2.13.